The summed E-state index contributed by atoms with van der Waals surface area (Å²) in [5.74, 6) is -0.369. The van der Waals surface area contributed by atoms with E-state index in [1.165, 1.54) is 4.90 Å². The molecule has 0 heterocycles. The lowest BCUT2D eigenvalue weighted by atomic mass is 10.0. The van der Waals surface area contributed by atoms with Crippen LogP contribution in [0.2, 0.25) is 0 Å². The molecule has 1 rings (SSSR count). The molecule has 76 valence electrons. The fourth-order valence-corrected chi connectivity index (χ4v) is 1.59. The normalized spacial score (nSPS) is 12.4. The zero-order valence-corrected chi connectivity index (χ0v) is 8.88. The molecule has 4 heteroatoms. The molecule has 0 saturated carbocycles. The second-order valence-corrected chi connectivity index (χ2v) is 3.93. The first-order chi connectivity index (χ1) is 6.63. The van der Waals surface area contributed by atoms with Crippen molar-refractivity contribution in [3.63, 3.8) is 0 Å². The smallest absolute Gasteiger partial charge is 0.219 e. The van der Waals surface area contributed by atoms with Crippen LogP contribution in [-0.4, -0.2) is 12.2 Å². The molecule has 0 bridgehead atoms. The van der Waals surface area contributed by atoms with E-state index >= 15 is 0 Å². The van der Waals surface area contributed by atoms with Crippen molar-refractivity contribution in [3.05, 3.63) is 29.8 Å². The third kappa shape index (κ3) is 3.05. The van der Waals surface area contributed by atoms with Crippen LogP contribution in [0.5, 0.6) is 0 Å². The van der Waals surface area contributed by atoms with Gasteiger partial charge in [-0.25, -0.2) is 0 Å². The van der Waals surface area contributed by atoms with Crippen LogP contribution in [-0.2, 0) is 4.79 Å². The Labute approximate surface area is 87.9 Å². The second-order valence-electron chi connectivity index (χ2n) is 3.05. The van der Waals surface area contributed by atoms with Crippen LogP contribution in [0, 0.1) is 0 Å². The Bertz CT molecular complexity index is 310. The number of hydrogen-bond acceptors (Lipinski definition) is 3. The highest BCUT2D eigenvalue weighted by atomic mass is 32.2. The van der Waals surface area contributed by atoms with Gasteiger partial charge >= 0.3 is 0 Å². The molecule has 0 fully saturated rings. The molecule has 14 heavy (non-hydrogen) atoms. The molecule has 1 aromatic rings. The lowest BCUT2D eigenvalue weighted by Gasteiger charge is -2.09. The number of carbonyl (C=O) groups excluding carboxylic acids is 1. The Morgan fingerprint density at radius 1 is 1.43 bits per heavy atom. The minimum atomic E-state index is -0.369. The van der Waals surface area contributed by atoms with Crippen LogP contribution >= 0.6 is 11.8 Å². The molecule has 4 N–H and O–H groups in total. The minimum Gasteiger partial charge on any atom is -0.370 e. The number of benzene rings is 1. The van der Waals surface area contributed by atoms with Gasteiger partial charge in [0.05, 0.1) is 0 Å². The summed E-state index contributed by atoms with van der Waals surface area (Å²) in [6.07, 6.45) is 2.21. The van der Waals surface area contributed by atoms with Gasteiger partial charge < -0.3 is 11.5 Å². The van der Waals surface area contributed by atoms with Gasteiger partial charge in [0.25, 0.3) is 0 Å². The Kier molecular flexibility index (Phi) is 3.98. The first kappa shape index (κ1) is 11.1. The zero-order valence-electron chi connectivity index (χ0n) is 8.07. The van der Waals surface area contributed by atoms with E-state index in [2.05, 4.69) is 0 Å². The molecule has 0 aliphatic carbocycles. The van der Waals surface area contributed by atoms with Gasteiger partial charge in [-0.3, -0.25) is 4.79 Å². The van der Waals surface area contributed by atoms with Gasteiger partial charge in [0.1, 0.15) is 0 Å². The van der Waals surface area contributed by atoms with Gasteiger partial charge in [0, 0.05) is 17.4 Å². The standard InChI is InChI=1S/C10H14N2OS/c1-14-8-4-2-7(3-5-8)9(11)6-10(12)13/h2-5,9H,6,11H2,1H3,(H2,12,13). The van der Waals surface area contributed by atoms with Crippen LogP contribution in [0.1, 0.15) is 18.0 Å². The van der Waals surface area contributed by atoms with Crippen LogP contribution in [0.25, 0.3) is 0 Å². The molecule has 0 saturated heterocycles. The highest BCUT2D eigenvalue weighted by molar-refractivity contribution is 7.98. The number of hydrogen-bond donors (Lipinski definition) is 2. The summed E-state index contributed by atoms with van der Waals surface area (Å²) in [4.78, 5) is 11.8. The molecule has 1 unspecified atom stereocenters. The Morgan fingerprint density at radius 3 is 2.43 bits per heavy atom. The molecule has 0 spiro atoms. The summed E-state index contributed by atoms with van der Waals surface area (Å²) >= 11 is 1.67. The SMILES string of the molecule is CSc1ccc(C(N)CC(N)=O)cc1. The van der Waals surface area contributed by atoms with E-state index in [4.69, 9.17) is 11.5 Å². The maximum Gasteiger partial charge on any atom is 0.219 e. The summed E-state index contributed by atoms with van der Waals surface area (Å²) in [7, 11) is 0. The van der Waals surface area contributed by atoms with E-state index in [-0.39, 0.29) is 18.4 Å². The topological polar surface area (TPSA) is 69.1 Å². The number of primary amides is 1. The van der Waals surface area contributed by atoms with Gasteiger partial charge in [-0.05, 0) is 24.0 Å². The highest BCUT2D eigenvalue weighted by Gasteiger charge is 2.08. The van der Waals surface area contributed by atoms with Gasteiger partial charge in [-0.2, -0.15) is 0 Å². The highest BCUT2D eigenvalue weighted by Crippen LogP contribution is 2.19. The maximum absolute atomic E-state index is 10.6. The average Bonchev–Trinajstić information content (AvgIpc) is 2.17. The van der Waals surface area contributed by atoms with Crippen molar-refractivity contribution in [2.24, 2.45) is 11.5 Å². The Balaban J connectivity index is 2.71. The van der Waals surface area contributed by atoms with Gasteiger partial charge in [-0.1, -0.05) is 12.1 Å². The van der Waals surface area contributed by atoms with Gasteiger partial charge in [0.2, 0.25) is 5.91 Å². The molecule has 0 aromatic heterocycles. The predicted octanol–water partition coefficient (Wildman–Crippen LogP) is 1.28. The number of rotatable bonds is 4. The lowest BCUT2D eigenvalue weighted by molar-refractivity contribution is -0.118. The zero-order chi connectivity index (χ0) is 10.6. The first-order valence-electron chi connectivity index (χ1n) is 4.31. The fourth-order valence-electron chi connectivity index (χ4n) is 1.19. The van der Waals surface area contributed by atoms with Gasteiger partial charge in [-0.15, -0.1) is 11.8 Å². The molecule has 0 aliphatic heterocycles. The van der Waals surface area contributed by atoms with Crippen molar-refractivity contribution in [1.29, 1.82) is 0 Å². The van der Waals surface area contributed by atoms with E-state index in [9.17, 15) is 4.79 Å². The quantitative estimate of drug-likeness (QED) is 0.736. The van der Waals surface area contributed by atoms with Crippen molar-refractivity contribution in [3.8, 4) is 0 Å². The van der Waals surface area contributed by atoms with Crippen LogP contribution in [0.3, 0.4) is 0 Å². The number of amides is 1. The van der Waals surface area contributed by atoms with E-state index < -0.39 is 0 Å². The van der Waals surface area contributed by atoms with E-state index in [0.717, 1.165) is 5.56 Å². The number of nitrogens with two attached hydrogens (primary N) is 2. The maximum atomic E-state index is 10.6. The van der Waals surface area contributed by atoms with Crippen LogP contribution in [0.15, 0.2) is 29.2 Å². The molecule has 1 amide bonds. The Hall–Kier alpha value is -1.00. The Morgan fingerprint density at radius 2 is 2.00 bits per heavy atom. The monoisotopic (exact) mass is 210 g/mol. The van der Waals surface area contributed by atoms with Gasteiger partial charge in [0.15, 0.2) is 0 Å². The van der Waals surface area contributed by atoms with Crippen molar-refractivity contribution < 1.29 is 4.79 Å². The first-order valence-corrected chi connectivity index (χ1v) is 5.54. The molecule has 0 aliphatic rings. The van der Waals surface area contributed by atoms with E-state index in [1.54, 1.807) is 11.8 Å². The molecule has 0 radical (unpaired) electrons. The van der Waals surface area contributed by atoms with Crippen molar-refractivity contribution in [2.75, 3.05) is 6.26 Å². The predicted molar refractivity (Wildman–Crippen MR) is 59.0 cm³/mol. The minimum absolute atomic E-state index is 0.193. The lowest BCUT2D eigenvalue weighted by Crippen LogP contribution is -2.20. The van der Waals surface area contributed by atoms with E-state index in [1.807, 2.05) is 30.5 Å². The number of carbonyl (C=O) groups is 1. The molecule has 1 atom stereocenters. The summed E-state index contributed by atoms with van der Waals surface area (Å²) in [6.45, 7) is 0. The van der Waals surface area contributed by atoms with Crippen molar-refractivity contribution >= 4 is 17.7 Å². The van der Waals surface area contributed by atoms with Crippen molar-refractivity contribution in [1.82, 2.24) is 0 Å². The summed E-state index contributed by atoms with van der Waals surface area (Å²) in [5, 5.41) is 0. The van der Waals surface area contributed by atoms with Crippen LogP contribution in [0.4, 0.5) is 0 Å². The van der Waals surface area contributed by atoms with Crippen LogP contribution < -0.4 is 11.5 Å². The third-order valence-electron chi connectivity index (χ3n) is 1.97. The summed E-state index contributed by atoms with van der Waals surface area (Å²) in [6, 6.07) is 7.55. The number of thioether (sulfide) groups is 1. The third-order valence-corrected chi connectivity index (χ3v) is 2.71. The molecular formula is C10H14N2OS. The summed E-state index contributed by atoms with van der Waals surface area (Å²) in [5.41, 5.74) is 11.8. The second kappa shape index (κ2) is 5.02. The summed E-state index contributed by atoms with van der Waals surface area (Å²) < 4.78 is 0. The fraction of sp³-hybridized carbons (Fsp3) is 0.300. The molecular weight excluding hydrogens is 196 g/mol. The van der Waals surface area contributed by atoms with E-state index in [0.29, 0.717) is 0 Å². The largest absolute Gasteiger partial charge is 0.370 e. The molecule has 1 aromatic carbocycles. The molecule has 3 nitrogen and oxygen atoms in total. The van der Waals surface area contributed by atoms with Crippen molar-refractivity contribution in [2.45, 2.75) is 17.4 Å². The average molecular weight is 210 g/mol.